The summed E-state index contributed by atoms with van der Waals surface area (Å²) in [7, 11) is 0. The quantitative estimate of drug-likeness (QED) is 0.563. The van der Waals surface area contributed by atoms with Crippen LogP contribution in [0.5, 0.6) is 0 Å². The Bertz CT molecular complexity index is 918. The summed E-state index contributed by atoms with van der Waals surface area (Å²) >= 11 is 5.04. The zero-order chi connectivity index (χ0) is 14.2. The number of para-hydroxylation sites is 1. The van der Waals surface area contributed by atoms with Crippen molar-refractivity contribution in [3.63, 3.8) is 0 Å². The van der Waals surface area contributed by atoms with Gasteiger partial charge in [-0.05, 0) is 40.2 Å². The third kappa shape index (κ3) is 2.36. The van der Waals surface area contributed by atoms with Crippen molar-refractivity contribution < 1.29 is 0 Å². The Labute approximate surface area is 133 Å². The Morgan fingerprint density at radius 3 is 2.86 bits per heavy atom. The molecule has 0 saturated heterocycles. The van der Waals surface area contributed by atoms with E-state index in [9.17, 15) is 0 Å². The summed E-state index contributed by atoms with van der Waals surface area (Å²) in [5.74, 6) is 0. The van der Waals surface area contributed by atoms with Crippen molar-refractivity contribution >= 4 is 59.3 Å². The molecule has 0 amide bonds. The molecule has 3 heterocycles. The van der Waals surface area contributed by atoms with Gasteiger partial charge in [0, 0.05) is 16.9 Å². The second-order valence-corrected chi connectivity index (χ2v) is 6.44. The van der Waals surface area contributed by atoms with Crippen molar-refractivity contribution in [3.8, 4) is 0 Å². The van der Waals surface area contributed by atoms with Crippen LogP contribution in [0.4, 0.5) is 10.8 Å². The highest BCUT2D eigenvalue weighted by Gasteiger charge is 2.07. The van der Waals surface area contributed by atoms with E-state index in [4.69, 9.17) is 0 Å². The van der Waals surface area contributed by atoms with E-state index in [-0.39, 0.29) is 0 Å². The largest absolute Gasteiger partial charge is 0.330 e. The van der Waals surface area contributed by atoms with Crippen LogP contribution in [0.1, 0.15) is 0 Å². The topological polar surface area (TPSA) is 50.7 Å². The van der Waals surface area contributed by atoms with Crippen LogP contribution in [0.2, 0.25) is 0 Å². The molecule has 4 aromatic rings. The average molecular weight is 357 g/mol. The van der Waals surface area contributed by atoms with E-state index in [0.717, 1.165) is 36.5 Å². The van der Waals surface area contributed by atoms with Crippen molar-refractivity contribution in [2.45, 2.75) is 0 Å². The molecule has 0 atom stereocenters. The zero-order valence-electron chi connectivity index (χ0n) is 10.7. The molecule has 0 radical (unpaired) electrons. The predicted octanol–water partition coefficient (Wildman–Crippen LogP) is 4.75. The number of pyridine rings is 2. The SMILES string of the molecule is Brc1cnc2c(Nc3nc4ccccc4s3)ccnc2c1. The van der Waals surface area contributed by atoms with Gasteiger partial charge in [0.2, 0.25) is 0 Å². The molecule has 0 unspecified atom stereocenters. The number of fused-ring (bicyclic) bond motifs is 2. The summed E-state index contributed by atoms with van der Waals surface area (Å²) in [6.07, 6.45) is 3.54. The Morgan fingerprint density at radius 1 is 1.05 bits per heavy atom. The molecule has 0 fully saturated rings. The van der Waals surface area contributed by atoms with E-state index in [2.05, 4.69) is 42.3 Å². The Balaban J connectivity index is 1.80. The number of aromatic nitrogens is 3. The Morgan fingerprint density at radius 2 is 1.95 bits per heavy atom. The van der Waals surface area contributed by atoms with Crippen LogP contribution < -0.4 is 5.32 Å². The molecule has 0 bridgehead atoms. The minimum absolute atomic E-state index is 0.833. The molecule has 1 aromatic carbocycles. The van der Waals surface area contributed by atoms with Crippen LogP contribution in [0.3, 0.4) is 0 Å². The summed E-state index contributed by atoms with van der Waals surface area (Å²) in [5, 5.41) is 4.20. The van der Waals surface area contributed by atoms with Gasteiger partial charge in [0.25, 0.3) is 0 Å². The molecule has 4 rings (SSSR count). The lowest BCUT2D eigenvalue weighted by atomic mass is 10.3. The smallest absolute Gasteiger partial charge is 0.188 e. The maximum Gasteiger partial charge on any atom is 0.188 e. The normalized spacial score (nSPS) is 11.1. The van der Waals surface area contributed by atoms with Gasteiger partial charge < -0.3 is 5.32 Å². The van der Waals surface area contributed by atoms with Crippen molar-refractivity contribution in [1.29, 1.82) is 0 Å². The number of rotatable bonds is 2. The molecule has 0 spiro atoms. The number of halogens is 1. The van der Waals surface area contributed by atoms with Crippen LogP contribution in [0.15, 0.2) is 53.3 Å². The second kappa shape index (κ2) is 5.05. The number of hydrogen-bond donors (Lipinski definition) is 1. The van der Waals surface area contributed by atoms with Crippen LogP contribution in [-0.4, -0.2) is 15.0 Å². The number of hydrogen-bond acceptors (Lipinski definition) is 5. The maximum atomic E-state index is 4.58. The summed E-state index contributed by atoms with van der Waals surface area (Å²) in [4.78, 5) is 13.4. The fraction of sp³-hybridized carbons (Fsp3) is 0. The second-order valence-electron chi connectivity index (χ2n) is 4.49. The fourth-order valence-electron chi connectivity index (χ4n) is 2.15. The van der Waals surface area contributed by atoms with Gasteiger partial charge in [-0.3, -0.25) is 9.97 Å². The van der Waals surface area contributed by atoms with Crippen molar-refractivity contribution in [2.24, 2.45) is 0 Å². The van der Waals surface area contributed by atoms with Crippen LogP contribution in [0, 0.1) is 0 Å². The van der Waals surface area contributed by atoms with Crippen molar-refractivity contribution in [2.75, 3.05) is 5.32 Å². The van der Waals surface area contributed by atoms with Gasteiger partial charge in [-0.1, -0.05) is 23.5 Å². The van der Waals surface area contributed by atoms with E-state index in [1.165, 1.54) is 0 Å². The van der Waals surface area contributed by atoms with Gasteiger partial charge >= 0.3 is 0 Å². The lowest BCUT2D eigenvalue weighted by molar-refractivity contribution is 1.31. The van der Waals surface area contributed by atoms with Gasteiger partial charge in [0.15, 0.2) is 5.13 Å². The lowest BCUT2D eigenvalue weighted by Gasteiger charge is -2.05. The molecule has 21 heavy (non-hydrogen) atoms. The highest BCUT2D eigenvalue weighted by Crippen LogP contribution is 2.30. The molecule has 102 valence electrons. The third-order valence-corrected chi connectivity index (χ3v) is 4.47. The number of thiazole rings is 1. The molecule has 3 aromatic heterocycles. The van der Waals surface area contributed by atoms with E-state index in [1.54, 1.807) is 23.7 Å². The van der Waals surface area contributed by atoms with Crippen molar-refractivity contribution in [3.05, 3.63) is 53.3 Å². The molecular formula is C15H9BrN4S. The minimum atomic E-state index is 0.833. The summed E-state index contributed by atoms with van der Waals surface area (Å²) in [6.45, 7) is 0. The number of nitrogens with one attached hydrogen (secondary N) is 1. The lowest BCUT2D eigenvalue weighted by Crippen LogP contribution is -1.93. The highest BCUT2D eigenvalue weighted by atomic mass is 79.9. The first-order valence-electron chi connectivity index (χ1n) is 6.32. The molecule has 0 saturated carbocycles. The van der Waals surface area contributed by atoms with Crippen LogP contribution >= 0.6 is 27.3 Å². The monoisotopic (exact) mass is 356 g/mol. The van der Waals surface area contributed by atoms with E-state index < -0.39 is 0 Å². The Hall–Kier alpha value is -2.05. The van der Waals surface area contributed by atoms with Gasteiger partial charge in [-0.25, -0.2) is 4.98 Å². The van der Waals surface area contributed by atoms with Gasteiger partial charge in [-0.15, -0.1) is 0 Å². The molecule has 6 heteroatoms. The molecule has 1 N–H and O–H groups in total. The number of anilines is 2. The summed E-state index contributed by atoms with van der Waals surface area (Å²) < 4.78 is 2.08. The molecule has 0 aliphatic carbocycles. The average Bonchev–Trinajstić information content (AvgIpc) is 2.89. The standard InChI is InChI=1S/C15H9BrN4S/c16-9-7-12-14(18-8-9)11(5-6-17-12)20-15-19-10-3-1-2-4-13(10)21-15/h1-8H,(H,17,19,20). The first-order valence-corrected chi connectivity index (χ1v) is 7.93. The number of benzene rings is 1. The maximum absolute atomic E-state index is 4.58. The van der Waals surface area contributed by atoms with Gasteiger partial charge in [0.1, 0.15) is 5.52 Å². The minimum Gasteiger partial charge on any atom is -0.330 e. The first kappa shape index (κ1) is 12.7. The molecule has 0 aliphatic rings. The van der Waals surface area contributed by atoms with E-state index in [1.807, 2.05) is 30.3 Å². The van der Waals surface area contributed by atoms with Crippen molar-refractivity contribution in [1.82, 2.24) is 15.0 Å². The number of nitrogens with zero attached hydrogens (tertiary/aromatic N) is 3. The summed E-state index contributed by atoms with van der Waals surface area (Å²) in [5.41, 5.74) is 3.58. The third-order valence-electron chi connectivity index (χ3n) is 3.08. The Kier molecular flexibility index (Phi) is 3.05. The highest BCUT2D eigenvalue weighted by molar-refractivity contribution is 9.10. The molecule has 0 aliphatic heterocycles. The van der Waals surface area contributed by atoms with E-state index in [0.29, 0.717) is 0 Å². The predicted molar refractivity (Wildman–Crippen MR) is 90.1 cm³/mol. The van der Waals surface area contributed by atoms with Crippen LogP contribution in [-0.2, 0) is 0 Å². The van der Waals surface area contributed by atoms with Gasteiger partial charge in [-0.2, -0.15) is 0 Å². The molecular weight excluding hydrogens is 348 g/mol. The summed E-state index contributed by atoms with van der Waals surface area (Å²) in [6, 6.07) is 12.0. The first-order chi connectivity index (χ1) is 10.3. The van der Waals surface area contributed by atoms with Crippen LogP contribution in [0.25, 0.3) is 21.3 Å². The van der Waals surface area contributed by atoms with Gasteiger partial charge in [0.05, 0.1) is 21.4 Å². The zero-order valence-corrected chi connectivity index (χ0v) is 13.1. The fourth-order valence-corrected chi connectivity index (χ4v) is 3.34. The van der Waals surface area contributed by atoms with E-state index >= 15 is 0 Å². The molecule has 4 nitrogen and oxygen atoms in total.